The summed E-state index contributed by atoms with van der Waals surface area (Å²) in [7, 11) is 0. The molecular weight excluding hydrogens is 176 g/mol. The highest BCUT2D eigenvalue weighted by Gasteiger charge is 2.25. The highest BCUT2D eigenvalue weighted by molar-refractivity contribution is 5.72. The largest absolute Gasteiger partial charge is 0.466 e. The van der Waals surface area contributed by atoms with E-state index in [2.05, 4.69) is 19.1 Å². The molecule has 0 radical (unpaired) electrons. The Hall–Kier alpha value is -0.790. The molecule has 0 aromatic heterocycles. The summed E-state index contributed by atoms with van der Waals surface area (Å²) in [4.78, 5) is 11.4. The van der Waals surface area contributed by atoms with E-state index in [0.29, 0.717) is 12.5 Å². The van der Waals surface area contributed by atoms with E-state index in [1.165, 1.54) is 0 Å². The normalized spacial score (nSPS) is 27.9. The molecule has 1 saturated carbocycles. The van der Waals surface area contributed by atoms with Crippen LogP contribution in [0.3, 0.4) is 0 Å². The van der Waals surface area contributed by atoms with Crippen LogP contribution in [-0.4, -0.2) is 12.6 Å². The van der Waals surface area contributed by atoms with Gasteiger partial charge in [-0.1, -0.05) is 12.2 Å². The van der Waals surface area contributed by atoms with Gasteiger partial charge < -0.3 is 4.74 Å². The summed E-state index contributed by atoms with van der Waals surface area (Å²) in [5.74, 6) is 0.855. The molecule has 80 valence electrons. The number of carbonyl (C=O) groups is 1. The summed E-state index contributed by atoms with van der Waals surface area (Å²) in [5, 5.41) is 0. The van der Waals surface area contributed by atoms with Crippen LogP contribution in [0.4, 0.5) is 0 Å². The van der Waals surface area contributed by atoms with E-state index in [1.54, 1.807) is 0 Å². The Kier molecular flexibility index (Phi) is 4.71. The predicted octanol–water partition coefficient (Wildman–Crippen LogP) is 2.93. The third-order valence-corrected chi connectivity index (χ3v) is 2.86. The number of hydrogen-bond donors (Lipinski definition) is 0. The van der Waals surface area contributed by atoms with Crippen LogP contribution < -0.4 is 0 Å². The zero-order valence-electron chi connectivity index (χ0n) is 9.16. The van der Waals surface area contributed by atoms with Gasteiger partial charge in [-0.15, -0.1) is 0 Å². The van der Waals surface area contributed by atoms with Gasteiger partial charge in [-0.05, 0) is 45.4 Å². The summed E-state index contributed by atoms with van der Waals surface area (Å²) in [5.41, 5.74) is 0. The lowest BCUT2D eigenvalue weighted by Gasteiger charge is -2.24. The van der Waals surface area contributed by atoms with E-state index >= 15 is 0 Å². The lowest BCUT2D eigenvalue weighted by Crippen LogP contribution is -2.23. The minimum Gasteiger partial charge on any atom is -0.466 e. The first kappa shape index (κ1) is 11.3. The Bertz CT molecular complexity index is 200. The molecule has 0 atom stereocenters. The van der Waals surface area contributed by atoms with Crippen molar-refractivity contribution in [3.05, 3.63) is 12.2 Å². The molecule has 1 fully saturated rings. The fraction of sp³-hybridized carbons (Fsp3) is 0.750. The summed E-state index contributed by atoms with van der Waals surface area (Å²) in [6.07, 6.45) is 8.61. The molecule has 0 saturated heterocycles. The molecule has 14 heavy (non-hydrogen) atoms. The van der Waals surface area contributed by atoms with Gasteiger partial charge in [-0.25, -0.2) is 0 Å². The molecule has 2 nitrogen and oxygen atoms in total. The molecule has 0 heterocycles. The Labute approximate surface area is 86.3 Å². The Morgan fingerprint density at radius 3 is 2.50 bits per heavy atom. The average Bonchev–Trinajstić information content (AvgIpc) is 2.20. The predicted molar refractivity (Wildman–Crippen MR) is 56.9 cm³/mol. The number of rotatable bonds is 3. The van der Waals surface area contributed by atoms with Crippen LogP contribution in [0.2, 0.25) is 0 Å². The lowest BCUT2D eigenvalue weighted by molar-refractivity contribution is -0.149. The quantitative estimate of drug-likeness (QED) is 0.512. The van der Waals surface area contributed by atoms with Crippen LogP contribution in [0, 0.1) is 11.8 Å². The first-order chi connectivity index (χ1) is 6.77. The maximum absolute atomic E-state index is 11.4. The van der Waals surface area contributed by atoms with Gasteiger partial charge >= 0.3 is 5.97 Å². The zero-order chi connectivity index (χ0) is 10.4. The fourth-order valence-electron chi connectivity index (χ4n) is 2.08. The van der Waals surface area contributed by atoms with Crippen molar-refractivity contribution in [3.8, 4) is 0 Å². The Balaban J connectivity index is 2.31. The topological polar surface area (TPSA) is 26.3 Å². The van der Waals surface area contributed by atoms with E-state index in [9.17, 15) is 4.79 Å². The van der Waals surface area contributed by atoms with Gasteiger partial charge in [-0.3, -0.25) is 4.79 Å². The van der Waals surface area contributed by atoms with E-state index in [1.807, 2.05) is 6.92 Å². The van der Waals surface area contributed by atoms with Crippen LogP contribution in [0.5, 0.6) is 0 Å². The van der Waals surface area contributed by atoms with Crippen molar-refractivity contribution in [2.75, 3.05) is 6.61 Å². The molecular formula is C12H20O2. The number of esters is 1. The van der Waals surface area contributed by atoms with Crippen LogP contribution in [0.15, 0.2) is 12.2 Å². The minimum atomic E-state index is 0.00595. The third-order valence-electron chi connectivity index (χ3n) is 2.86. The van der Waals surface area contributed by atoms with Crippen LogP contribution in [0.25, 0.3) is 0 Å². The first-order valence-electron chi connectivity index (χ1n) is 5.57. The van der Waals surface area contributed by atoms with Crippen molar-refractivity contribution in [1.82, 2.24) is 0 Å². The Morgan fingerprint density at radius 2 is 2.00 bits per heavy atom. The van der Waals surface area contributed by atoms with E-state index in [4.69, 9.17) is 4.74 Å². The van der Waals surface area contributed by atoms with Crippen LogP contribution in [0.1, 0.15) is 39.5 Å². The van der Waals surface area contributed by atoms with Crippen molar-refractivity contribution in [2.45, 2.75) is 39.5 Å². The van der Waals surface area contributed by atoms with Gasteiger partial charge in [0, 0.05) is 0 Å². The second-order valence-electron chi connectivity index (χ2n) is 3.89. The second kappa shape index (κ2) is 5.84. The first-order valence-corrected chi connectivity index (χ1v) is 5.57. The lowest BCUT2D eigenvalue weighted by atomic mass is 9.82. The van der Waals surface area contributed by atoms with Gasteiger partial charge in [0.05, 0.1) is 12.5 Å². The summed E-state index contributed by atoms with van der Waals surface area (Å²) >= 11 is 0. The minimum absolute atomic E-state index is 0.00595. The highest BCUT2D eigenvalue weighted by Crippen LogP contribution is 2.30. The molecule has 0 unspecified atom stereocenters. The number of allylic oxidation sites excluding steroid dienone is 2. The van der Waals surface area contributed by atoms with E-state index in [-0.39, 0.29) is 11.9 Å². The molecule has 1 aliphatic carbocycles. The van der Waals surface area contributed by atoms with Crippen molar-refractivity contribution in [1.29, 1.82) is 0 Å². The maximum Gasteiger partial charge on any atom is 0.308 e. The third kappa shape index (κ3) is 3.17. The van der Waals surface area contributed by atoms with Crippen molar-refractivity contribution >= 4 is 5.97 Å². The molecule has 0 bridgehead atoms. The van der Waals surface area contributed by atoms with Crippen molar-refractivity contribution in [3.63, 3.8) is 0 Å². The second-order valence-corrected chi connectivity index (χ2v) is 3.89. The maximum atomic E-state index is 11.4. The monoisotopic (exact) mass is 196 g/mol. The zero-order valence-corrected chi connectivity index (χ0v) is 9.16. The van der Waals surface area contributed by atoms with Crippen molar-refractivity contribution in [2.24, 2.45) is 11.8 Å². The molecule has 0 N–H and O–H groups in total. The van der Waals surface area contributed by atoms with Gasteiger partial charge in [0.15, 0.2) is 0 Å². The molecule has 0 amide bonds. The van der Waals surface area contributed by atoms with E-state index < -0.39 is 0 Å². The van der Waals surface area contributed by atoms with Crippen LogP contribution in [-0.2, 0) is 9.53 Å². The molecule has 0 aliphatic heterocycles. The number of hydrogen-bond acceptors (Lipinski definition) is 2. The molecule has 1 rings (SSSR count). The molecule has 0 aromatic rings. The fourth-order valence-corrected chi connectivity index (χ4v) is 2.08. The summed E-state index contributed by atoms with van der Waals surface area (Å²) in [6.45, 7) is 4.43. The van der Waals surface area contributed by atoms with Gasteiger partial charge in [-0.2, -0.15) is 0 Å². The standard InChI is InChI=1S/C12H20O2/c1-3-5-10-6-8-11(9-7-10)12(13)14-4-2/h3,5,10-11H,4,6-9H2,1-2H3/b5-3+. The molecule has 0 aromatic carbocycles. The summed E-state index contributed by atoms with van der Waals surface area (Å²) < 4.78 is 5.02. The highest BCUT2D eigenvalue weighted by atomic mass is 16.5. The number of carbonyl (C=O) groups excluding carboxylic acids is 1. The van der Waals surface area contributed by atoms with Crippen molar-refractivity contribution < 1.29 is 9.53 Å². The molecule has 0 spiro atoms. The molecule has 1 aliphatic rings. The van der Waals surface area contributed by atoms with Crippen LogP contribution >= 0.6 is 0 Å². The molecule has 2 heteroatoms. The van der Waals surface area contributed by atoms with Gasteiger partial charge in [0.1, 0.15) is 0 Å². The summed E-state index contributed by atoms with van der Waals surface area (Å²) in [6, 6.07) is 0. The smallest absolute Gasteiger partial charge is 0.308 e. The number of ether oxygens (including phenoxy) is 1. The average molecular weight is 196 g/mol. The van der Waals surface area contributed by atoms with E-state index in [0.717, 1.165) is 25.7 Å². The van der Waals surface area contributed by atoms with Gasteiger partial charge in [0.25, 0.3) is 0 Å². The Morgan fingerprint density at radius 1 is 1.36 bits per heavy atom. The van der Waals surface area contributed by atoms with Gasteiger partial charge in [0.2, 0.25) is 0 Å². The SMILES string of the molecule is C/C=C/C1CCC(C(=O)OCC)CC1.